The molecule has 134 valence electrons. The van der Waals surface area contributed by atoms with Crippen molar-refractivity contribution in [1.29, 1.82) is 0 Å². The zero-order valence-electron chi connectivity index (χ0n) is 13.9. The number of carboxylic acid groups (broad SMARTS) is 1. The third-order valence-corrected chi connectivity index (χ3v) is 6.16. The number of amides is 1. The smallest absolute Gasteiger partial charge is 0.308 e. The summed E-state index contributed by atoms with van der Waals surface area (Å²) >= 11 is 0. The van der Waals surface area contributed by atoms with Crippen LogP contribution < -0.4 is 5.32 Å². The minimum atomic E-state index is -3.77. The van der Waals surface area contributed by atoms with Gasteiger partial charge in [-0.2, -0.15) is 0 Å². The fourth-order valence-electron chi connectivity index (χ4n) is 2.96. The Labute approximate surface area is 140 Å². The second kappa shape index (κ2) is 6.56. The number of hydrogen-bond acceptors (Lipinski definition) is 5. The molecule has 0 bridgehead atoms. The minimum absolute atomic E-state index is 0.0476. The molecule has 1 saturated carbocycles. The SMILES string of the molecule is CN(C)S(=O)(=O)c1cc(C(=O)NC2(C)CCCCC2C(=O)O)co1. The topological polar surface area (TPSA) is 117 Å². The van der Waals surface area contributed by atoms with Crippen molar-refractivity contribution in [1.82, 2.24) is 9.62 Å². The van der Waals surface area contributed by atoms with Gasteiger partial charge in [0.2, 0.25) is 5.09 Å². The summed E-state index contributed by atoms with van der Waals surface area (Å²) in [5, 5.41) is 11.8. The van der Waals surface area contributed by atoms with Crippen molar-refractivity contribution in [2.45, 2.75) is 43.2 Å². The van der Waals surface area contributed by atoms with E-state index in [0.29, 0.717) is 12.8 Å². The Hall–Kier alpha value is -1.87. The molecule has 0 aromatic carbocycles. The number of nitrogens with zero attached hydrogens (tertiary/aromatic N) is 1. The van der Waals surface area contributed by atoms with Gasteiger partial charge < -0.3 is 14.8 Å². The molecule has 2 rings (SSSR count). The summed E-state index contributed by atoms with van der Waals surface area (Å²) in [6.07, 6.45) is 3.74. The number of furan rings is 1. The van der Waals surface area contributed by atoms with Crippen molar-refractivity contribution < 1.29 is 27.5 Å². The average Bonchev–Trinajstić information content (AvgIpc) is 2.97. The first-order chi connectivity index (χ1) is 11.1. The first kappa shape index (κ1) is 18.5. The molecule has 2 N–H and O–H groups in total. The van der Waals surface area contributed by atoms with Gasteiger partial charge in [-0.3, -0.25) is 9.59 Å². The van der Waals surface area contributed by atoms with Crippen molar-refractivity contribution in [2.75, 3.05) is 14.1 Å². The Morgan fingerprint density at radius 3 is 2.62 bits per heavy atom. The summed E-state index contributed by atoms with van der Waals surface area (Å²) < 4.78 is 30.0. The normalized spacial score (nSPS) is 24.8. The van der Waals surface area contributed by atoms with Crippen LogP contribution in [-0.4, -0.2) is 49.3 Å². The molecule has 0 saturated heterocycles. The van der Waals surface area contributed by atoms with E-state index in [-0.39, 0.29) is 10.7 Å². The van der Waals surface area contributed by atoms with E-state index in [1.165, 1.54) is 14.1 Å². The summed E-state index contributed by atoms with van der Waals surface area (Å²) in [7, 11) is -1.05. The zero-order chi connectivity index (χ0) is 18.1. The summed E-state index contributed by atoms with van der Waals surface area (Å²) in [6, 6.07) is 1.15. The predicted molar refractivity (Wildman–Crippen MR) is 85.0 cm³/mol. The molecule has 0 aliphatic heterocycles. The first-order valence-corrected chi connectivity index (χ1v) is 9.08. The van der Waals surface area contributed by atoms with Gasteiger partial charge in [0.1, 0.15) is 6.26 Å². The van der Waals surface area contributed by atoms with E-state index in [4.69, 9.17) is 4.42 Å². The first-order valence-electron chi connectivity index (χ1n) is 7.64. The maximum absolute atomic E-state index is 12.4. The largest absolute Gasteiger partial charge is 0.481 e. The Balaban J connectivity index is 2.21. The quantitative estimate of drug-likeness (QED) is 0.819. The van der Waals surface area contributed by atoms with Gasteiger partial charge in [-0.1, -0.05) is 12.8 Å². The van der Waals surface area contributed by atoms with Crippen LogP contribution in [0, 0.1) is 5.92 Å². The predicted octanol–water partition coefficient (Wildman–Crippen LogP) is 1.29. The molecule has 0 radical (unpaired) electrons. The molecule has 1 aromatic heterocycles. The third kappa shape index (κ3) is 3.46. The lowest BCUT2D eigenvalue weighted by molar-refractivity contribution is -0.145. The van der Waals surface area contributed by atoms with Gasteiger partial charge in [-0.25, -0.2) is 12.7 Å². The molecule has 0 spiro atoms. The van der Waals surface area contributed by atoms with Crippen molar-refractivity contribution >= 4 is 21.9 Å². The van der Waals surface area contributed by atoms with E-state index in [0.717, 1.165) is 29.5 Å². The van der Waals surface area contributed by atoms with E-state index in [1.807, 2.05) is 0 Å². The molecule has 1 heterocycles. The molecule has 2 unspecified atom stereocenters. The molecular formula is C15H22N2O6S. The van der Waals surface area contributed by atoms with Crippen molar-refractivity contribution in [2.24, 2.45) is 5.92 Å². The van der Waals surface area contributed by atoms with Crippen LogP contribution in [0.3, 0.4) is 0 Å². The minimum Gasteiger partial charge on any atom is -0.481 e. The molecule has 1 aliphatic rings. The summed E-state index contributed by atoms with van der Waals surface area (Å²) in [5.74, 6) is -2.16. The second-order valence-electron chi connectivity index (χ2n) is 6.45. The van der Waals surface area contributed by atoms with E-state index in [2.05, 4.69) is 5.32 Å². The van der Waals surface area contributed by atoms with Crippen molar-refractivity contribution in [3.05, 3.63) is 17.9 Å². The van der Waals surface area contributed by atoms with E-state index >= 15 is 0 Å². The fourth-order valence-corrected chi connectivity index (χ4v) is 3.77. The highest BCUT2D eigenvalue weighted by Crippen LogP contribution is 2.34. The maximum Gasteiger partial charge on any atom is 0.308 e. The van der Waals surface area contributed by atoms with Crippen molar-refractivity contribution in [3.8, 4) is 0 Å². The Morgan fingerprint density at radius 2 is 2.04 bits per heavy atom. The third-order valence-electron chi connectivity index (χ3n) is 4.48. The van der Waals surface area contributed by atoms with Gasteiger partial charge in [-0.15, -0.1) is 0 Å². The molecule has 1 aromatic rings. The fraction of sp³-hybridized carbons (Fsp3) is 0.600. The van der Waals surface area contributed by atoms with Crippen LogP contribution in [0.15, 0.2) is 21.8 Å². The Kier molecular flexibility index (Phi) is 5.05. The number of hydrogen-bond donors (Lipinski definition) is 2. The summed E-state index contributed by atoms with van der Waals surface area (Å²) in [6.45, 7) is 1.71. The van der Waals surface area contributed by atoms with Gasteiger partial charge in [0.05, 0.1) is 17.0 Å². The van der Waals surface area contributed by atoms with Crippen LogP contribution >= 0.6 is 0 Å². The molecule has 1 amide bonds. The average molecular weight is 358 g/mol. The van der Waals surface area contributed by atoms with E-state index < -0.39 is 33.4 Å². The van der Waals surface area contributed by atoms with Crippen molar-refractivity contribution in [3.63, 3.8) is 0 Å². The molecular weight excluding hydrogens is 336 g/mol. The maximum atomic E-state index is 12.4. The van der Waals surface area contributed by atoms with E-state index in [1.54, 1.807) is 6.92 Å². The zero-order valence-corrected chi connectivity index (χ0v) is 14.7. The number of carboxylic acids is 1. The van der Waals surface area contributed by atoms with Gasteiger partial charge in [0.25, 0.3) is 15.9 Å². The molecule has 2 atom stereocenters. The van der Waals surface area contributed by atoms with Crippen LogP contribution in [-0.2, 0) is 14.8 Å². The van der Waals surface area contributed by atoms with Crippen LogP contribution in [0.2, 0.25) is 0 Å². The van der Waals surface area contributed by atoms with Crippen LogP contribution in [0.25, 0.3) is 0 Å². The van der Waals surface area contributed by atoms with Gasteiger partial charge in [0, 0.05) is 20.2 Å². The molecule has 24 heavy (non-hydrogen) atoms. The molecule has 1 aliphatic carbocycles. The van der Waals surface area contributed by atoms with Crippen LogP contribution in [0.4, 0.5) is 0 Å². The number of rotatable bonds is 5. The Morgan fingerprint density at radius 1 is 1.38 bits per heavy atom. The Bertz CT molecular complexity index is 739. The van der Waals surface area contributed by atoms with Gasteiger partial charge in [-0.05, 0) is 19.8 Å². The highest BCUT2D eigenvalue weighted by Gasteiger charge is 2.42. The summed E-state index contributed by atoms with van der Waals surface area (Å²) in [4.78, 5) is 23.9. The lowest BCUT2D eigenvalue weighted by atomic mass is 9.74. The monoisotopic (exact) mass is 358 g/mol. The number of sulfonamides is 1. The van der Waals surface area contributed by atoms with E-state index in [9.17, 15) is 23.1 Å². The highest BCUT2D eigenvalue weighted by molar-refractivity contribution is 7.88. The molecule has 8 nitrogen and oxygen atoms in total. The standard InChI is InChI=1S/C15H22N2O6S/c1-15(7-5-4-6-11(15)14(19)20)16-13(18)10-8-12(23-9-10)24(21,22)17(2)3/h8-9,11H,4-7H2,1-3H3,(H,16,18)(H,19,20). The number of carbonyl (C=O) groups excluding carboxylic acids is 1. The van der Waals surface area contributed by atoms with Gasteiger partial charge in [0.15, 0.2) is 0 Å². The number of nitrogens with one attached hydrogen (secondary N) is 1. The van der Waals surface area contributed by atoms with Crippen LogP contribution in [0.1, 0.15) is 43.0 Å². The number of aliphatic carboxylic acids is 1. The highest BCUT2D eigenvalue weighted by atomic mass is 32.2. The lowest BCUT2D eigenvalue weighted by Crippen LogP contribution is -2.55. The van der Waals surface area contributed by atoms with Crippen LogP contribution in [0.5, 0.6) is 0 Å². The van der Waals surface area contributed by atoms with Gasteiger partial charge >= 0.3 is 5.97 Å². The summed E-state index contributed by atoms with van der Waals surface area (Å²) in [5.41, 5.74) is -0.828. The molecule has 9 heteroatoms. The number of carbonyl (C=O) groups is 2. The molecule has 1 fully saturated rings. The second-order valence-corrected chi connectivity index (χ2v) is 8.53. The lowest BCUT2D eigenvalue weighted by Gasteiger charge is -2.39.